The zero-order valence-electron chi connectivity index (χ0n) is 19.9. The van der Waals surface area contributed by atoms with Crippen LogP contribution in [-0.4, -0.2) is 58.4 Å². The number of hydrogen-bond acceptors (Lipinski definition) is 6. The smallest absolute Gasteiger partial charge is 0.280 e. The summed E-state index contributed by atoms with van der Waals surface area (Å²) in [5.74, 6) is 3.58. The monoisotopic (exact) mass is 520 g/mol. The van der Waals surface area contributed by atoms with E-state index in [9.17, 15) is 27.2 Å². The molecule has 2 amide bonds. The van der Waals surface area contributed by atoms with Crippen LogP contribution in [0.2, 0.25) is 0 Å². The van der Waals surface area contributed by atoms with Gasteiger partial charge in [-0.25, -0.2) is 24.0 Å². The van der Waals surface area contributed by atoms with E-state index >= 15 is 0 Å². The van der Waals surface area contributed by atoms with Gasteiger partial charge in [-0.15, -0.1) is 0 Å². The van der Waals surface area contributed by atoms with E-state index < -0.39 is 61.2 Å². The van der Waals surface area contributed by atoms with Crippen LogP contribution in [0.25, 0.3) is 0 Å². The van der Waals surface area contributed by atoms with Gasteiger partial charge in [0.25, 0.3) is 6.43 Å². The number of nitrogens with zero attached hydrogens (tertiary/aromatic N) is 3. The molecule has 4 rings (SSSR count). The summed E-state index contributed by atoms with van der Waals surface area (Å²) >= 11 is 0. The Morgan fingerprint density at radius 2 is 1.89 bits per heavy atom. The molecule has 0 radical (unpaired) electrons. The van der Waals surface area contributed by atoms with Gasteiger partial charge in [0.2, 0.25) is 17.8 Å². The Morgan fingerprint density at radius 3 is 2.49 bits per heavy atom. The number of rotatable bonds is 9. The van der Waals surface area contributed by atoms with Crippen LogP contribution >= 0.6 is 0 Å². The Morgan fingerprint density at radius 1 is 1.19 bits per heavy atom. The second kappa shape index (κ2) is 11.2. The Balaban J connectivity index is 1.54. The molecule has 12 heteroatoms. The number of hydrogen-bond donors (Lipinski definition) is 3. The highest BCUT2D eigenvalue weighted by molar-refractivity contribution is 5.89. The van der Waals surface area contributed by atoms with Gasteiger partial charge in [0.15, 0.2) is 0 Å². The second-order valence-corrected chi connectivity index (χ2v) is 9.16. The molecular formula is C25H28F4N6O2. The Bertz CT molecular complexity index is 1160. The third-order valence-electron chi connectivity index (χ3n) is 6.54. The predicted molar refractivity (Wildman–Crippen MR) is 127 cm³/mol. The van der Waals surface area contributed by atoms with Crippen LogP contribution in [0.4, 0.5) is 17.6 Å². The number of hydrazine groups is 1. The van der Waals surface area contributed by atoms with E-state index in [0.29, 0.717) is 22.3 Å². The van der Waals surface area contributed by atoms with Gasteiger partial charge < -0.3 is 16.0 Å². The molecule has 3 atom stereocenters. The number of amides is 2. The lowest BCUT2D eigenvalue weighted by molar-refractivity contribution is -0.139. The van der Waals surface area contributed by atoms with E-state index in [1.165, 1.54) is 0 Å². The molecule has 0 unspecified atom stereocenters. The predicted octanol–water partition coefficient (Wildman–Crippen LogP) is 2.48. The van der Waals surface area contributed by atoms with Crippen molar-refractivity contribution in [2.75, 3.05) is 13.1 Å². The van der Waals surface area contributed by atoms with E-state index in [-0.39, 0.29) is 18.0 Å². The summed E-state index contributed by atoms with van der Waals surface area (Å²) < 4.78 is 55.2. The second-order valence-electron chi connectivity index (χ2n) is 9.16. The van der Waals surface area contributed by atoms with Crippen LogP contribution in [0.15, 0.2) is 54.4 Å². The minimum Gasteiger partial charge on any atom is -0.403 e. The standard InChI is InChI=1S/C25H28F4N6O2/c26-16-10-19(34(12-16)21(36)13-35(31)20(11-30)23(27)28)25(37)33-22(15-4-2-1-3-5-15)18-9-8-17(14-6-7-14)24(29)32-18/h1-5,8-9,11,14,16,19,22-23H,6-7,10,12-13,30-31H2,(H,33,37)/b20-11-/t16-,19+,22+/m1/s1. The van der Waals surface area contributed by atoms with Crippen LogP contribution in [0.1, 0.15) is 48.0 Å². The molecule has 1 aliphatic heterocycles. The maximum Gasteiger partial charge on any atom is 0.280 e. The van der Waals surface area contributed by atoms with Crippen molar-refractivity contribution in [3.8, 4) is 0 Å². The topological polar surface area (TPSA) is 118 Å². The molecule has 198 valence electrons. The number of halogens is 4. The molecular weight excluding hydrogens is 492 g/mol. The van der Waals surface area contributed by atoms with E-state index in [0.717, 1.165) is 17.7 Å². The summed E-state index contributed by atoms with van der Waals surface area (Å²) in [5.41, 5.74) is 5.76. The van der Waals surface area contributed by atoms with Crippen LogP contribution in [-0.2, 0) is 9.59 Å². The molecule has 37 heavy (non-hydrogen) atoms. The van der Waals surface area contributed by atoms with Gasteiger partial charge >= 0.3 is 0 Å². The highest BCUT2D eigenvalue weighted by Crippen LogP contribution is 2.41. The maximum atomic E-state index is 14.7. The van der Waals surface area contributed by atoms with Crippen molar-refractivity contribution in [2.24, 2.45) is 11.6 Å². The molecule has 2 aliphatic rings. The van der Waals surface area contributed by atoms with Crippen LogP contribution in [0, 0.1) is 5.95 Å². The Hall–Kier alpha value is -3.67. The van der Waals surface area contributed by atoms with Gasteiger partial charge in [-0.1, -0.05) is 36.4 Å². The molecule has 1 aliphatic carbocycles. The molecule has 2 fully saturated rings. The summed E-state index contributed by atoms with van der Waals surface area (Å²) in [6.45, 7) is -1.14. The normalized spacial score (nSPS) is 20.7. The van der Waals surface area contributed by atoms with Gasteiger partial charge in [-0.05, 0) is 30.4 Å². The highest BCUT2D eigenvalue weighted by atomic mass is 19.3. The van der Waals surface area contributed by atoms with Crippen molar-refractivity contribution >= 4 is 11.8 Å². The van der Waals surface area contributed by atoms with Gasteiger partial charge in [-0.2, -0.15) is 4.39 Å². The van der Waals surface area contributed by atoms with E-state index in [1.807, 2.05) is 0 Å². The van der Waals surface area contributed by atoms with E-state index in [4.69, 9.17) is 11.6 Å². The Labute approximate surface area is 211 Å². The number of benzene rings is 1. The van der Waals surface area contributed by atoms with Crippen LogP contribution in [0.3, 0.4) is 0 Å². The number of alkyl halides is 3. The zero-order chi connectivity index (χ0) is 26.7. The molecule has 1 saturated heterocycles. The average Bonchev–Trinajstić information content (AvgIpc) is 3.63. The lowest BCUT2D eigenvalue weighted by Gasteiger charge is -2.29. The first-order valence-corrected chi connectivity index (χ1v) is 11.9. The van der Waals surface area contributed by atoms with Crippen molar-refractivity contribution in [3.05, 3.63) is 77.1 Å². The molecule has 0 bridgehead atoms. The first-order chi connectivity index (χ1) is 17.7. The van der Waals surface area contributed by atoms with Crippen molar-refractivity contribution in [1.82, 2.24) is 20.2 Å². The molecule has 0 spiro atoms. The molecule has 1 saturated carbocycles. The van der Waals surface area contributed by atoms with Crippen molar-refractivity contribution < 1.29 is 27.2 Å². The summed E-state index contributed by atoms with van der Waals surface area (Å²) in [6, 6.07) is 9.92. The maximum absolute atomic E-state index is 14.7. The fourth-order valence-corrected chi connectivity index (χ4v) is 4.46. The summed E-state index contributed by atoms with van der Waals surface area (Å²) in [7, 11) is 0. The number of likely N-dealkylation sites (tertiary alicyclic amines) is 1. The van der Waals surface area contributed by atoms with Crippen LogP contribution < -0.4 is 16.9 Å². The van der Waals surface area contributed by atoms with Crippen molar-refractivity contribution in [2.45, 2.75) is 49.9 Å². The molecule has 2 aromatic rings. The molecule has 1 aromatic heterocycles. The zero-order valence-corrected chi connectivity index (χ0v) is 19.9. The van der Waals surface area contributed by atoms with E-state index in [2.05, 4.69) is 10.3 Å². The third-order valence-corrected chi connectivity index (χ3v) is 6.54. The largest absolute Gasteiger partial charge is 0.403 e. The third kappa shape index (κ3) is 6.01. The number of aromatic nitrogens is 1. The van der Waals surface area contributed by atoms with E-state index in [1.54, 1.807) is 42.5 Å². The fraction of sp³-hybridized carbons (Fsp3) is 0.400. The molecule has 2 heterocycles. The molecule has 1 aromatic carbocycles. The van der Waals surface area contributed by atoms with Crippen LogP contribution in [0.5, 0.6) is 0 Å². The van der Waals surface area contributed by atoms with Crippen molar-refractivity contribution in [3.63, 3.8) is 0 Å². The quantitative estimate of drug-likeness (QED) is 0.202. The number of nitrogens with one attached hydrogen (secondary N) is 1. The average molecular weight is 521 g/mol. The number of carbonyl (C=O) groups excluding carboxylic acids is 2. The molecule has 5 N–H and O–H groups in total. The van der Waals surface area contributed by atoms with Gasteiger partial charge in [0.05, 0.1) is 18.3 Å². The minimum atomic E-state index is -3.03. The lowest BCUT2D eigenvalue weighted by Crippen LogP contribution is -2.51. The Kier molecular flexibility index (Phi) is 7.96. The first-order valence-electron chi connectivity index (χ1n) is 11.9. The van der Waals surface area contributed by atoms with Gasteiger partial charge in [-0.3, -0.25) is 14.6 Å². The SMILES string of the molecule is N/C=C(/C(F)F)N(N)CC(=O)N1C[C@H](F)C[C@H]1C(=O)N[C@@H](c1ccccc1)c1ccc(C2CC2)c(F)n1. The molecule has 8 nitrogen and oxygen atoms in total. The summed E-state index contributed by atoms with van der Waals surface area (Å²) in [5, 5.41) is 3.24. The van der Waals surface area contributed by atoms with Crippen molar-refractivity contribution in [1.29, 1.82) is 0 Å². The number of pyridine rings is 1. The number of carbonyl (C=O) groups is 2. The minimum absolute atomic E-state index is 0.146. The first kappa shape index (κ1) is 26.4. The lowest BCUT2D eigenvalue weighted by atomic mass is 10.0. The number of nitrogens with two attached hydrogens (primary N) is 2. The highest BCUT2D eigenvalue weighted by Gasteiger charge is 2.41. The summed E-state index contributed by atoms with van der Waals surface area (Å²) in [6.07, 6.45) is -2.45. The van der Waals surface area contributed by atoms with Gasteiger partial charge in [0, 0.05) is 18.2 Å². The summed E-state index contributed by atoms with van der Waals surface area (Å²) in [4.78, 5) is 31.2. The fourth-order valence-electron chi connectivity index (χ4n) is 4.46. The number of allylic oxidation sites excluding steroid dienone is 1. The van der Waals surface area contributed by atoms with Gasteiger partial charge in [0.1, 0.15) is 24.5 Å².